The molecule has 1 amide bonds. The van der Waals surface area contributed by atoms with Crippen LogP contribution in [-0.4, -0.2) is 54.0 Å². The van der Waals surface area contributed by atoms with Gasteiger partial charge in [0.2, 0.25) is 5.91 Å². The standard InChI is InChI=1S/C13H22N4O2S/c1-10-12(17-9-16-10)8-20-5-3-15-13(18)6-11-7-19-4-2-14-11/h9,11,14H,2-8H2,1H3,(H,15,18)(H,16,17)/t11-/m0/s1. The zero-order valence-corrected chi connectivity index (χ0v) is 12.6. The van der Waals surface area contributed by atoms with E-state index in [1.54, 1.807) is 18.1 Å². The van der Waals surface area contributed by atoms with Crippen molar-refractivity contribution >= 4 is 17.7 Å². The molecular weight excluding hydrogens is 276 g/mol. The second-order valence-corrected chi connectivity index (χ2v) is 5.91. The van der Waals surface area contributed by atoms with Crippen molar-refractivity contribution in [1.82, 2.24) is 20.6 Å². The minimum atomic E-state index is 0.0875. The summed E-state index contributed by atoms with van der Waals surface area (Å²) in [7, 11) is 0. The monoisotopic (exact) mass is 298 g/mol. The first-order valence-electron chi connectivity index (χ1n) is 6.90. The predicted molar refractivity (Wildman–Crippen MR) is 79.7 cm³/mol. The Morgan fingerprint density at radius 3 is 3.25 bits per heavy atom. The molecule has 6 nitrogen and oxygen atoms in total. The summed E-state index contributed by atoms with van der Waals surface area (Å²) in [5.41, 5.74) is 2.20. The molecule has 2 rings (SSSR count). The van der Waals surface area contributed by atoms with Gasteiger partial charge in [-0.05, 0) is 6.92 Å². The van der Waals surface area contributed by atoms with E-state index >= 15 is 0 Å². The number of nitrogens with zero attached hydrogens (tertiary/aromatic N) is 1. The van der Waals surface area contributed by atoms with Gasteiger partial charge in [-0.2, -0.15) is 11.8 Å². The number of thioether (sulfide) groups is 1. The highest BCUT2D eigenvalue weighted by Crippen LogP contribution is 2.11. The first-order chi connectivity index (χ1) is 9.75. The first-order valence-corrected chi connectivity index (χ1v) is 8.05. The van der Waals surface area contributed by atoms with Crippen LogP contribution in [0.1, 0.15) is 17.8 Å². The van der Waals surface area contributed by atoms with Crippen LogP contribution >= 0.6 is 11.8 Å². The normalized spacial score (nSPS) is 18.9. The van der Waals surface area contributed by atoms with Crippen LogP contribution < -0.4 is 10.6 Å². The van der Waals surface area contributed by atoms with Crippen molar-refractivity contribution in [3.8, 4) is 0 Å². The Morgan fingerprint density at radius 2 is 2.55 bits per heavy atom. The summed E-state index contributed by atoms with van der Waals surface area (Å²) in [6.45, 7) is 4.91. The van der Waals surface area contributed by atoms with Crippen LogP contribution in [0.2, 0.25) is 0 Å². The minimum absolute atomic E-state index is 0.0875. The van der Waals surface area contributed by atoms with Gasteiger partial charge >= 0.3 is 0 Å². The van der Waals surface area contributed by atoms with E-state index in [9.17, 15) is 4.79 Å². The third kappa shape index (κ3) is 5.15. The van der Waals surface area contributed by atoms with Gasteiger partial charge in [0, 0.05) is 42.8 Å². The molecule has 112 valence electrons. The second-order valence-electron chi connectivity index (χ2n) is 4.81. The number of carbonyl (C=O) groups excluding carboxylic acids is 1. The fourth-order valence-corrected chi connectivity index (χ4v) is 2.89. The Morgan fingerprint density at radius 1 is 1.65 bits per heavy atom. The van der Waals surface area contributed by atoms with Gasteiger partial charge in [0.1, 0.15) is 0 Å². The number of amides is 1. The number of aryl methyl sites for hydroxylation is 1. The van der Waals surface area contributed by atoms with Crippen LogP contribution in [0.3, 0.4) is 0 Å². The zero-order valence-electron chi connectivity index (χ0n) is 11.8. The van der Waals surface area contributed by atoms with Gasteiger partial charge in [-0.3, -0.25) is 4.79 Å². The molecule has 1 aromatic rings. The SMILES string of the molecule is Cc1[nH]cnc1CSCCNC(=O)C[C@H]1COCCN1. The summed E-state index contributed by atoms with van der Waals surface area (Å²) in [5.74, 6) is 1.86. The number of aromatic amines is 1. The quantitative estimate of drug-likeness (QED) is 0.637. The highest BCUT2D eigenvalue weighted by molar-refractivity contribution is 7.98. The number of morpholine rings is 1. The van der Waals surface area contributed by atoms with E-state index in [4.69, 9.17) is 4.74 Å². The van der Waals surface area contributed by atoms with Crippen LogP contribution in [0.4, 0.5) is 0 Å². The highest BCUT2D eigenvalue weighted by atomic mass is 32.2. The van der Waals surface area contributed by atoms with Crippen molar-refractivity contribution in [2.24, 2.45) is 0 Å². The van der Waals surface area contributed by atoms with E-state index in [-0.39, 0.29) is 11.9 Å². The summed E-state index contributed by atoms with van der Waals surface area (Å²) in [6.07, 6.45) is 2.20. The number of H-pyrrole nitrogens is 1. The maximum atomic E-state index is 11.7. The zero-order chi connectivity index (χ0) is 14.2. The third-order valence-electron chi connectivity index (χ3n) is 3.17. The number of carbonyl (C=O) groups is 1. The number of hydrogen-bond donors (Lipinski definition) is 3. The number of aromatic nitrogens is 2. The molecular formula is C13H22N4O2S. The van der Waals surface area contributed by atoms with Gasteiger partial charge in [0.25, 0.3) is 0 Å². The maximum absolute atomic E-state index is 11.7. The lowest BCUT2D eigenvalue weighted by Gasteiger charge is -2.23. The van der Waals surface area contributed by atoms with E-state index in [0.717, 1.165) is 36.0 Å². The largest absolute Gasteiger partial charge is 0.378 e. The number of imidazole rings is 1. The minimum Gasteiger partial charge on any atom is -0.378 e. The van der Waals surface area contributed by atoms with Crippen LogP contribution in [0.25, 0.3) is 0 Å². The molecule has 0 aliphatic carbocycles. The van der Waals surface area contributed by atoms with E-state index in [1.165, 1.54) is 0 Å². The Kier molecular flexibility index (Phi) is 6.35. The van der Waals surface area contributed by atoms with Crippen molar-refractivity contribution < 1.29 is 9.53 Å². The molecule has 1 fully saturated rings. The lowest BCUT2D eigenvalue weighted by atomic mass is 10.2. The van der Waals surface area contributed by atoms with Gasteiger partial charge in [0.05, 0.1) is 25.2 Å². The van der Waals surface area contributed by atoms with Crippen molar-refractivity contribution in [3.63, 3.8) is 0 Å². The first kappa shape index (κ1) is 15.3. The van der Waals surface area contributed by atoms with Crippen molar-refractivity contribution in [3.05, 3.63) is 17.7 Å². The van der Waals surface area contributed by atoms with Gasteiger partial charge < -0.3 is 20.4 Å². The van der Waals surface area contributed by atoms with Crippen LogP contribution in [-0.2, 0) is 15.3 Å². The van der Waals surface area contributed by atoms with Gasteiger partial charge in [-0.15, -0.1) is 0 Å². The molecule has 1 aliphatic rings. The average molecular weight is 298 g/mol. The Balaban J connectivity index is 1.52. The topological polar surface area (TPSA) is 79.0 Å². The van der Waals surface area contributed by atoms with Gasteiger partial charge in [-0.1, -0.05) is 0 Å². The molecule has 20 heavy (non-hydrogen) atoms. The van der Waals surface area contributed by atoms with E-state index < -0.39 is 0 Å². The smallest absolute Gasteiger partial charge is 0.221 e. The van der Waals surface area contributed by atoms with Gasteiger partial charge in [0.15, 0.2) is 0 Å². The molecule has 0 radical (unpaired) electrons. The summed E-state index contributed by atoms with van der Waals surface area (Å²) in [5, 5.41) is 6.21. The molecule has 0 aromatic carbocycles. The second kappa shape index (κ2) is 8.28. The molecule has 7 heteroatoms. The summed E-state index contributed by atoms with van der Waals surface area (Å²) in [6, 6.07) is 0.156. The lowest BCUT2D eigenvalue weighted by molar-refractivity contribution is -0.122. The number of nitrogens with one attached hydrogen (secondary N) is 3. The Bertz CT molecular complexity index is 418. The van der Waals surface area contributed by atoms with Crippen LogP contribution in [0, 0.1) is 6.92 Å². The van der Waals surface area contributed by atoms with E-state index in [2.05, 4.69) is 20.6 Å². The molecule has 0 bridgehead atoms. The molecule has 1 aliphatic heterocycles. The molecule has 2 heterocycles. The average Bonchev–Trinajstić information content (AvgIpc) is 2.85. The van der Waals surface area contributed by atoms with E-state index in [1.807, 2.05) is 6.92 Å². The molecule has 1 atom stereocenters. The molecule has 0 unspecified atom stereocenters. The summed E-state index contributed by atoms with van der Waals surface area (Å²) in [4.78, 5) is 19.0. The van der Waals surface area contributed by atoms with Crippen LogP contribution in [0.15, 0.2) is 6.33 Å². The van der Waals surface area contributed by atoms with Crippen molar-refractivity contribution in [1.29, 1.82) is 0 Å². The lowest BCUT2D eigenvalue weighted by Crippen LogP contribution is -2.44. The fourth-order valence-electron chi connectivity index (χ4n) is 2.01. The molecule has 3 N–H and O–H groups in total. The Labute approximate surface area is 123 Å². The molecule has 0 saturated carbocycles. The van der Waals surface area contributed by atoms with Crippen molar-refractivity contribution in [2.45, 2.75) is 25.1 Å². The Hall–Kier alpha value is -1.05. The number of rotatable bonds is 7. The van der Waals surface area contributed by atoms with Crippen molar-refractivity contribution in [2.75, 3.05) is 32.1 Å². The van der Waals surface area contributed by atoms with E-state index in [0.29, 0.717) is 19.6 Å². The number of ether oxygens (including phenoxy) is 1. The summed E-state index contributed by atoms with van der Waals surface area (Å²) < 4.78 is 5.32. The fraction of sp³-hybridized carbons (Fsp3) is 0.692. The highest BCUT2D eigenvalue weighted by Gasteiger charge is 2.16. The maximum Gasteiger partial charge on any atom is 0.221 e. The molecule has 0 spiro atoms. The molecule has 1 aromatic heterocycles. The predicted octanol–water partition coefficient (Wildman–Crippen LogP) is 0.446. The number of hydrogen-bond acceptors (Lipinski definition) is 5. The molecule has 1 saturated heterocycles. The summed E-state index contributed by atoms with van der Waals surface area (Å²) >= 11 is 1.78. The van der Waals surface area contributed by atoms with Crippen LogP contribution in [0.5, 0.6) is 0 Å². The van der Waals surface area contributed by atoms with Gasteiger partial charge in [-0.25, -0.2) is 4.98 Å². The third-order valence-corrected chi connectivity index (χ3v) is 4.14.